The van der Waals surface area contributed by atoms with E-state index in [0.717, 1.165) is 28.8 Å². The molecule has 0 bridgehead atoms. The molecule has 1 aliphatic rings. The summed E-state index contributed by atoms with van der Waals surface area (Å²) < 4.78 is 0. The van der Waals surface area contributed by atoms with Crippen LogP contribution in [0.15, 0.2) is 53.5 Å². The first-order valence-electron chi connectivity index (χ1n) is 7.21. The van der Waals surface area contributed by atoms with Gasteiger partial charge in [0.15, 0.2) is 10.3 Å². The summed E-state index contributed by atoms with van der Waals surface area (Å²) in [6, 6.07) is 16.8. The van der Waals surface area contributed by atoms with Crippen molar-refractivity contribution in [2.24, 2.45) is 4.99 Å². The molecule has 0 atom stereocenters. The number of anilines is 1. The predicted molar refractivity (Wildman–Crippen MR) is 105 cm³/mol. The highest BCUT2D eigenvalue weighted by molar-refractivity contribution is 8.14. The summed E-state index contributed by atoms with van der Waals surface area (Å²) in [5, 5.41) is 14.2. The van der Waals surface area contributed by atoms with Crippen molar-refractivity contribution in [3.8, 4) is 6.07 Å². The van der Waals surface area contributed by atoms with Crippen LogP contribution in [0.1, 0.15) is 5.56 Å². The molecule has 1 aliphatic heterocycles. The largest absolute Gasteiger partial charge is 0.332 e. The van der Waals surface area contributed by atoms with E-state index in [1.54, 1.807) is 23.9 Å². The fraction of sp³-hybridized carbons (Fsp3) is 0.118. The van der Waals surface area contributed by atoms with E-state index >= 15 is 0 Å². The molecule has 0 spiro atoms. The van der Waals surface area contributed by atoms with E-state index in [2.05, 4.69) is 16.4 Å². The Labute approximate surface area is 155 Å². The van der Waals surface area contributed by atoms with Crippen molar-refractivity contribution in [2.75, 3.05) is 17.6 Å². The van der Waals surface area contributed by atoms with Crippen LogP contribution in [0.25, 0.3) is 0 Å². The maximum Gasteiger partial charge on any atom is 0.179 e. The molecule has 0 radical (unpaired) electrons. The molecule has 120 valence electrons. The molecule has 1 heterocycles. The molecule has 0 unspecified atom stereocenters. The Morgan fingerprint density at radius 3 is 2.92 bits per heavy atom. The van der Waals surface area contributed by atoms with Crippen LogP contribution >= 0.6 is 35.6 Å². The van der Waals surface area contributed by atoms with E-state index in [9.17, 15) is 0 Å². The highest BCUT2D eigenvalue weighted by atomic mass is 35.5. The van der Waals surface area contributed by atoms with Crippen LogP contribution in [0.3, 0.4) is 0 Å². The van der Waals surface area contributed by atoms with Gasteiger partial charge in [0, 0.05) is 23.0 Å². The number of nitrogens with zero attached hydrogens (tertiary/aromatic N) is 3. The van der Waals surface area contributed by atoms with Gasteiger partial charge in [0.25, 0.3) is 0 Å². The van der Waals surface area contributed by atoms with E-state index in [-0.39, 0.29) is 0 Å². The van der Waals surface area contributed by atoms with Crippen LogP contribution in [0.2, 0.25) is 5.02 Å². The number of hydrogen-bond acceptors (Lipinski definition) is 4. The van der Waals surface area contributed by atoms with Gasteiger partial charge in [0.2, 0.25) is 0 Å². The van der Waals surface area contributed by atoms with Gasteiger partial charge in [-0.1, -0.05) is 35.5 Å². The first-order valence-corrected chi connectivity index (χ1v) is 8.98. The van der Waals surface area contributed by atoms with Crippen LogP contribution in [-0.2, 0) is 0 Å². The quantitative estimate of drug-likeness (QED) is 0.778. The minimum Gasteiger partial charge on any atom is -0.332 e. The van der Waals surface area contributed by atoms with E-state index < -0.39 is 0 Å². The molecule has 7 heteroatoms. The summed E-state index contributed by atoms with van der Waals surface area (Å²) in [4.78, 5) is 6.59. The van der Waals surface area contributed by atoms with Gasteiger partial charge >= 0.3 is 0 Å². The van der Waals surface area contributed by atoms with Crippen LogP contribution in [0.4, 0.5) is 11.4 Å². The monoisotopic (exact) mass is 372 g/mol. The van der Waals surface area contributed by atoms with Crippen molar-refractivity contribution < 1.29 is 0 Å². The third kappa shape index (κ3) is 4.06. The van der Waals surface area contributed by atoms with Crippen LogP contribution in [0, 0.1) is 11.3 Å². The number of thiocarbonyl (C=S) groups is 1. The predicted octanol–water partition coefficient (Wildman–Crippen LogP) is 4.64. The summed E-state index contributed by atoms with van der Waals surface area (Å²) >= 11 is 13.1. The number of rotatable bonds is 2. The minimum atomic E-state index is 0.581. The number of halogens is 1. The standard InChI is InChI=1S/C17H13ClN4S2/c18-13-4-2-6-15(10-13)20-16(23)22-7-8-24-17(22)21-14-5-1-3-12(9-14)11-19/h1-6,9-10H,7-8H2,(H,20,23). The van der Waals surface area contributed by atoms with Crippen molar-refractivity contribution in [1.82, 2.24) is 4.90 Å². The maximum absolute atomic E-state index is 8.99. The third-order valence-electron chi connectivity index (χ3n) is 3.30. The molecule has 0 aromatic heterocycles. The lowest BCUT2D eigenvalue weighted by atomic mass is 10.2. The van der Waals surface area contributed by atoms with E-state index in [1.807, 2.05) is 41.3 Å². The topological polar surface area (TPSA) is 51.4 Å². The van der Waals surface area contributed by atoms with Gasteiger partial charge in [-0.25, -0.2) is 4.99 Å². The van der Waals surface area contributed by atoms with Crippen LogP contribution < -0.4 is 5.32 Å². The molecule has 0 saturated carbocycles. The molecule has 1 saturated heterocycles. The van der Waals surface area contributed by atoms with Crippen molar-refractivity contribution >= 4 is 57.2 Å². The Kier molecular flexibility index (Phi) is 5.36. The fourth-order valence-electron chi connectivity index (χ4n) is 2.20. The zero-order chi connectivity index (χ0) is 16.9. The van der Waals surface area contributed by atoms with Crippen molar-refractivity contribution in [3.05, 3.63) is 59.1 Å². The summed E-state index contributed by atoms with van der Waals surface area (Å²) in [7, 11) is 0. The summed E-state index contributed by atoms with van der Waals surface area (Å²) in [5.74, 6) is 0.911. The third-order valence-corrected chi connectivity index (χ3v) is 4.81. The number of thioether (sulfide) groups is 1. The molecular weight excluding hydrogens is 360 g/mol. The normalized spacial score (nSPS) is 15.3. The Morgan fingerprint density at radius 1 is 1.29 bits per heavy atom. The summed E-state index contributed by atoms with van der Waals surface area (Å²) in [6.07, 6.45) is 0. The van der Waals surface area contributed by atoms with Crippen LogP contribution in [-0.4, -0.2) is 27.5 Å². The second kappa shape index (κ2) is 7.67. The average Bonchev–Trinajstić information content (AvgIpc) is 3.03. The number of aliphatic imine (C=N–C) groups is 1. The molecule has 0 aliphatic carbocycles. The van der Waals surface area contributed by atoms with Crippen LogP contribution in [0.5, 0.6) is 0 Å². The number of nitriles is 1. The SMILES string of the molecule is N#Cc1cccc(N=C2SCCN2C(=S)Nc2cccc(Cl)c2)c1. The summed E-state index contributed by atoms with van der Waals surface area (Å²) in [5.41, 5.74) is 2.18. The first kappa shape index (κ1) is 16.8. The van der Waals surface area contributed by atoms with E-state index in [0.29, 0.717) is 15.7 Å². The molecule has 3 rings (SSSR count). The summed E-state index contributed by atoms with van der Waals surface area (Å²) in [6.45, 7) is 0.786. The Balaban J connectivity index is 1.78. The zero-order valence-electron chi connectivity index (χ0n) is 12.6. The molecule has 2 aromatic carbocycles. The van der Waals surface area contributed by atoms with E-state index in [4.69, 9.17) is 29.1 Å². The van der Waals surface area contributed by atoms with Gasteiger partial charge in [-0.2, -0.15) is 5.26 Å². The Hall–Kier alpha value is -2.07. The van der Waals surface area contributed by atoms with Gasteiger partial charge in [0.05, 0.1) is 17.3 Å². The van der Waals surface area contributed by atoms with Gasteiger partial charge < -0.3 is 5.32 Å². The van der Waals surface area contributed by atoms with Gasteiger partial charge in [-0.15, -0.1) is 0 Å². The van der Waals surface area contributed by atoms with Crippen molar-refractivity contribution in [3.63, 3.8) is 0 Å². The minimum absolute atomic E-state index is 0.581. The van der Waals surface area contributed by atoms with Crippen molar-refractivity contribution in [1.29, 1.82) is 5.26 Å². The lowest BCUT2D eigenvalue weighted by Crippen LogP contribution is -2.35. The Morgan fingerprint density at radius 2 is 2.12 bits per heavy atom. The molecule has 1 fully saturated rings. The molecular formula is C17H13ClN4S2. The van der Waals surface area contributed by atoms with Gasteiger partial charge in [-0.05, 0) is 48.6 Å². The lowest BCUT2D eigenvalue weighted by molar-refractivity contribution is 0.687. The number of amidine groups is 1. The zero-order valence-corrected chi connectivity index (χ0v) is 15.0. The first-order chi connectivity index (χ1) is 11.7. The Bertz CT molecular complexity index is 844. The molecule has 0 amide bonds. The second-order valence-electron chi connectivity index (χ2n) is 5.00. The molecule has 1 N–H and O–H groups in total. The highest BCUT2D eigenvalue weighted by Crippen LogP contribution is 2.24. The highest BCUT2D eigenvalue weighted by Gasteiger charge is 2.23. The lowest BCUT2D eigenvalue weighted by Gasteiger charge is -2.20. The van der Waals surface area contributed by atoms with Crippen molar-refractivity contribution in [2.45, 2.75) is 0 Å². The number of hydrogen-bond donors (Lipinski definition) is 1. The number of benzene rings is 2. The molecule has 2 aromatic rings. The second-order valence-corrected chi connectivity index (χ2v) is 6.88. The van der Waals surface area contributed by atoms with Gasteiger partial charge in [0.1, 0.15) is 0 Å². The number of nitrogens with one attached hydrogen (secondary N) is 1. The van der Waals surface area contributed by atoms with Gasteiger partial charge in [-0.3, -0.25) is 4.90 Å². The maximum atomic E-state index is 8.99. The average molecular weight is 373 g/mol. The van der Waals surface area contributed by atoms with E-state index in [1.165, 1.54) is 0 Å². The molecule has 4 nitrogen and oxygen atoms in total. The molecule has 24 heavy (non-hydrogen) atoms. The smallest absolute Gasteiger partial charge is 0.179 e. The fourth-order valence-corrected chi connectivity index (χ4v) is 3.70.